The minimum atomic E-state index is 0.0712. The number of nitrogens with zero attached hydrogens (tertiary/aromatic N) is 2. The van der Waals surface area contributed by atoms with Crippen LogP contribution in [0, 0.1) is 5.92 Å². The molecule has 0 spiro atoms. The van der Waals surface area contributed by atoms with Gasteiger partial charge in [0.05, 0.1) is 33.5 Å². The van der Waals surface area contributed by atoms with Crippen molar-refractivity contribution in [3.05, 3.63) is 23.8 Å². The van der Waals surface area contributed by atoms with E-state index in [1.165, 1.54) is 12.8 Å². The Bertz CT molecular complexity index is 692. The molecule has 1 aliphatic carbocycles. The topological polar surface area (TPSA) is 63.3 Å². The van der Waals surface area contributed by atoms with Crippen molar-refractivity contribution >= 4 is 6.03 Å². The van der Waals surface area contributed by atoms with E-state index in [9.17, 15) is 4.79 Å². The van der Waals surface area contributed by atoms with Gasteiger partial charge >= 0.3 is 6.03 Å². The summed E-state index contributed by atoms with van der Waals surface area (Å²) in [5.41, 5.74) is 1.11. The highest BCUT2D eigenvalue weighted by Crippen LogP contribution is 2.39. The normalized spacial score (nSPS) is 25.6. The van der Waals surface area contributed by atoms with E-state index in [1.807, 2.05) is 17.0 Å². The molecule has 4 rings (SSSR count). The first kappa shape index (κ1) is 19.3. The first-order valence-electron chi connectivity index (χ1n) is 10.3. The van der Waals surface area contributed by atoms with Gasteiger partial charge in [0.25, 0.3) is 0 Å². The molecular weight excluding hydrogens is 358 g/mol. The highest BCUT2D eigenvalue weighted by molar-refractivity contribution is 5.75. The van der Waals surface area contributed by atoms with Gasteiger partial charge < -0.3 is 24.4 Å². The maximum absolute atomic E-state index is 12.7. The number of hydrogen-bond donors (Lipinski definition) is 1. The SMILES string of the molecule is COc1ccc(C(CNC(=O)N2CC3CCCC32)N2CCOCC2)cc1OC. The van der Waals surface area contributed by atoms with Crippen molar-refractivity contribution in [2.24, 2.45) is 5.92 Å². The first-order valence-corrected chi connectivity index (χ1v) is 10.3. The van der Waals surface area contributed by atoms with Gasteiger partial charge in [0.2, 0.25) is 0 Å². The quantitative estimate of drug-likeness (QED) is 0.809. The monoisotopic (exact) mass is 389 g/mol. The number of amides is 2. The predicted octanol–water partition coefficient (Wildman–Crippen LogP) is 2.27. The average molecular weight is 389 g/mol. The van der Waals surface area contributed by atoms with Crippen molar-refractivity contribution in [2.75, 3.05) is 53.6 Å². The van der Waals surface area contributed by atoms with E-state index < -0.39 is 0 Å². The van der Waals surface area contributed by atoms with Gasteiger partial charge in [-0.1, -0.05) is 12.5 Å². The Morgan fingerprint density at radius 3 is 2.71 bits per heavy atom. The summed E-state index contributed by atoms with van der Waals surface area (Å²) in [6, 6.07) is 6.62. The smallest absolute Gasteiger partial charge is 0.317 e. The van der Waals surface area contributed by atoms with Gasteiger partial charge in [-0.15, -0.1) is 0 Å². The Morgan fingerprint density at radius 1 is 1.21 bits per heavy atom. The van der Waals surface area contributed by atoms with Crippen LogP contribution in [0.2, 0.25) is 0 Å². The maximum atomic E-state index is 12.7. The second kappa shape index (κ2) is 8.57. The zero-order chi connectivity index (χ0) is 19.5. The molecule has 1 aromatic rings. The van der Waals surface area contributed by atoms with Crippen molar-refractivity contribution < 1.29 is 19.0 Å². The van der Waals surface area contributed by atoms with E-state index in [0.29, 0.717) is 37.3 Å². The molecule has 1 N–H and O–H groups in total. The summed E-state index contributed by atoms with van der Waals surface area (Å²) >= 11 is 0. The molecule has 2 saturated heterocycles. The van der Waals surface area contributed by atoms with Gasteiger partial charge in [0.15, 0.2) is 11.5 Å². The van der Waals surface area contributed by atoms with Crippen LogP contribution in [0.4, 0.5) is 4.79 Å². The van der Waals surface area contributed by atoms with Crippen LogP contribution in [0.15, 0.2) is 18.2 Å². The number of morpholine rings is 1. The number of likely N-dealkylation sites (tertiary alicyclic amines) is 1. The molecule has 2 aliphatic heterocycles. The molecule has 28 heavy (non-hydrogen) atoms. The van der Waals surface area contributed by atoms with E-state index in [4.69, 9.17) is 14.2 Å². The Hall–Kier alpha value is -1.99. The second-order valence-corrected chi connectivity index (χ2v) is 7.88. The third kappa shape index (κ3) is 3.78. The summed E-state index contributed by atoms with van der Waals surface area (Å²) in [4.78, 5) is 17.1. The largest absolute Gasteiger partial charge is 0.493 e. The van der Waals surface area contributed by atoms with Crippen molar-refractivity contribution in [1.29, 1.82) is 0 Å². The third-order valence-corrected chi connectivity index (χ3v) is 6.44. The molecule has 3 fully saturated rings. The third-order valence-electron chi connectivity index (χ3n) is 6.44. The lowest BCUT2D eigenvalue weighted by molar-refractivity contribution is 0.0154. The molecular formula is C21H31N3O4. The molecule has 7 heteroatoms. The first-order chi connectivity index (χ1) is 13.7. The van der Waals surface area contributed by atoms with Gasteiger partial charge in [-0.05, 0) is 36.5 Å². The van der Waals surface area contributed by atoms with Crippen LogP contribution in [-0.4, -0.2) is 75.5 Å². The number of rotatable bonds is 6. The van der Waals surface area contributed by atoms with Crippen LogP contribution >= 0.6 is 0 Å². The average Bonchev–Trinajstić information content (AvgIpc) is 3.09. The minimum absolute atomic E-state index is 0.0712. The molecule has 0 bridgehead atoms. The zero-order valence-electron chi connectivity index (χ0n) is 16.9. The van der Waals surface area contributed by atoms with Gasteiger partial charge in [0, 0.05) is 32.2 Å². The number of urea groups is 1. The molecule has 1 saturated carbocycles. The molecule has 2 amide bonds. The number of carbonyl (C=O) groups is 1. The number of methoxy groups -OCH3 is 2. The summed E-state index contributed by atoms with van der Waals surface area (Å²) in [7, 11) is 3.29. The lowest BCUT2D eigenvalue weighted by Crippen LogP contribution is -2.59. The second-order valence-electron chi connectivity index (χ2n) is 7.88. The minimum Gasteiger partial charge on any atom is -0.493 e. The summed E-state index contributed by atoms with van der Waals surface area (Å²) in [6.45, 7) is 4.62. The van der Waals surface area contributed by atoms with E-state index in [0.717, 1.165) is 37.5 Å². The molecule has 3 aliphatic rings. The van der Waals surface area contributed by atoms with E-state index in [2.05, 4.69) is 16.3 Å². The van der Waals surface area contributed by atoms with Crippen LogP contribution in [-0.2, 0) is 4.74 Å². The number of hydrogen-bond acceptors (Lipinski definition) is 5. The molecule has 0 aromatic heterocycles. The van der Waals surface area contributed by atoms with E-state index in [1.54, 1.807) is 14.2 Å². The van der Waals surface area contributed by atoms with Gasteiger partial charge in [0.1, 0.15) is 0 Å². The molecule has 0 radical (unpaired) electrons. The Balaban J connectivity index is 1.47. The van der Waals surface area contributed by atoms with Gasteiger partial charge in [-0.25, -0.2) is 4.79 Å². The predicted molar refractivity (Wildman–Crippen MR) is 106 cm³/mol. The van der Waals surface area contributed by atoms with Crippen molar-refractivity contribution in [3.63, 3.8) is 0 Å². The number of benzene rings is 1. The Kier molecular flexibility index (Phi) is 5.92. The van der Waals surface area contributed by atoms with E-state index >= 15 is 0 Å². The van der Waals surface area contributed by atoms with E-state index in [-0.39, 0.29) is 12.1 Å². The molecule has 1 aromatic carbocycles. The highest BCUT2D eigenvalue weighted by Gasteiger charge is 2.44. The molecule has 3 atom stereocenters. The van der Waals surface area contributed by atoms with Crippen LogP contribution in [0.1, 0.15) is 30.9 Å². The maximum Gasteiger partial charge on any atom is 0.317 e. The number of nitrogens with one attached hydrogen (secondary N) is 1. The standard InChI is InChI=1S/C21H31N3O4/c1-26-19-7-6-15(12-20(19)27-2)18(23-8-10-28-11-9-23)13-22-21(25)24-14-16-4-3-5-17(16)24/h6-7,12,16-18H,3-5,8-11,13-14H2,1-2H3,(H,22,25). The van der Waals surface area contributed by atoms with Crippen molar-refractivity contribution in [3.8, 4) is 11.5 Å². The van der Waals surface area contributed by atoms with Crippen molar-refractivity contribution in [2.45, 2.75) is 31.3 Å². The highest BCUT2D eigenvalue weighted by atomic mass is 16.5. The van der Waals surface area contributed by atoms with Crippen LogP contribution in [0.5, 0.6) is 11.5 Å². The fourth-order valence-electron chi connectivity index (χ4n) is 4.82. The fraction of sp³-hybridized carbons (Fsp3) is 0.667. The molecule has 7 nitrogen and oxygen atoms in total. The van der Waals surface area contributed by atoms with Gasteiger partial charge in [-0.2, -0.15) is 0 Å². The summed E-state index contributed by atoms with van der Waals surface area (Å²) in [5, 5.41) is 3.19. The molecule has 3 unspecified atom stereocenters. The van der Waals surface area contributed by atoms with Crippen molar-refractivity contribution in [1.82, 2.24) is 15.1 Å². The summed E-state index contributed by atoms with van der Waals surface area (Å²) in [5.74, 6) is 2.15. The van der Waals surface area contributed by atoms with Crippen LogP contribution in [0.25, 0.3) is 0 Å². The number of ether oxygens (including phenoxy) is 3. The molecule has 2 heterocycles. The zero-order valence-corrected chi connectivity index (χ0v) is 16.9. The number of fused-ring (bicyclic) bond motifs is 1. The summed E-state index contributed by atoms with van der Waals surface area (Å²) < 4.78 is 16.4. The molecule has 154 valence electrons. The lowest BCUT2D eigenvalue weighted by Gasteiger charge is -2.44. The van der Waals surface area contributed by atoms with Crippen LogP contribution < -0.4 is 14.8 Å². The Morgan fingerprint density at radius 2 is 2.00 bits per heavy atom. The Labute approximate surface area is 166 Å². The summed E-state index contributed by atoms with van der Waals surface area (Å²) in [6.07, 6.45) is 3.68. The lowest BCUT2D eigenvalue weighted by atomic mass is 9.92. The van der Waals surface area contributed by atoms with Gasteiger partial charge in [-0.3, -0.25) is 4.90 Å². The number of carbonyl (C=O) groups excluding carboxylic acids is 1. The fourth-order valence-corrected chi connectivity index (χ4v) is 4.82. The van der Waals surface area contributed by atoms with Crippen LogP contribution in [0.3, 0.4) is 0 Å².